The van der Waals surface area contributed by atoms with Gasteiger partial charge in [-0.15, -0.1) is 0 Å². The van der Waals surface area contributed by atoms with Gasteiger partial charge < -0.3 is 19.0 Å². The number of methoxy groups -OCH3 is 1. The topological polar surface area (TPSA) is 97.1 Å². The summed E-state index contributed by atoms with van der Waals surface area (Å²) in [6, 6.07) is 11.8. The van der Waals surface area contributed by atoms with Crippen LogP contribution >= 0.6 is 0 Å². The van der Waals surface area contributed by atoms with Crippen LogP contribution in [-0.2, 0) is 27.2 Å². The van der Waals surface area contributed by atoms with Gasteiger partial charge in [-0.2, -0.15) is 0 Å². The largest absolute Gasteiger partial charge is 0.468 e. The van der Waals surface area contributed by atoms with Crippen molar-refractivity contribution in [1.29, 1.82) is 0 Å². The van der Waals surface area contributed by atoms with Crippen molar-refractivity contribution in [2.75, 3.05) is 33.3 Å². The summed E-state index contributed by atoms with van der Waals surface area (Å²) in [6.07, 6.45) is 2.27. The van der Waals surface area contributed by atoms with E-state index in [9.17, 15) is 19.2 Å². The minimum absolute atomic E-state index is 0.0546. The number of hydrogen-bond acceptors (Lipinski definition) is 6. The molecule has 0 aliphatic carbocycles. The molecule has 0 radical (unpaired) electrons. The molecule has 0 spiro atoms. The molecular weight excluding hydrogens is 400 g/mol. The van der Waals surface area contributed by atoms with Gasteiger partial charge in [-0.25, -0.2) is 4.79 Å². The standard InChI is InChI=1S/C23H26N2O6/c1-16-13-18(10-6-9-17-7-4-3-5-8-17)31-23(29)21(16)22(28)25-12-11-24(19(26)14-25)15-20(27)30-2/h3-5,7-8,13H,6,9-12,14-15H2,1-2H3. The predicted molar refractivity (Wildman–Crippen MR) is 113 cm³/mol. The lowest BCUT2D eigenvalue weighted by molar-refractivity contribution is -0.148. The predicted octanol–water partition coefficient (Wildman–Crippen LogP) is 1.58. The lowest BCUT2D eigenvalue weighted by atomic mass is 10.1. The second kappa shape index (κ2) is 10.1. The van der Waals surface area contributed by atoms with E-state index in [-0.39, 0.29) is 37.6 Å². The number of ether oxygens (including phenoxy) is 1. The minimum Gasteiger partial charge on any atom is -0.468 e. The maximum absolute atomic E-state index is 12.9. The molecule has 2 amide bonds. The highest BCUT2D eigenvalue weighted by atomic mass is 16.5. The maximum atomic E-state index is 12.9. The first-order valence-corrected chi connectivity index (χ1v) is 10.2. The van der Waals surface area contributed by atoms with Crippen LogP contribution in [0.3, 0.4) is 0 Å². The second-order valence-electron chi connectivity index (χ2n) is 7.52. The smallest absolute Gasteiger partial charge is 0.349 e. The lowest BCUT2D eigenvalue weighted by Gasteiger charge is -2.33. The summed E-state index contributed by atoms with van der Waals surface area (Å²) >= 11 is 0. The Hall–Kier alpha value is -3.42. The van der Waals surface area contributed by atoms with Gasteiger partial charge in [-0.05, 0) is 37.0 Å². The Morgan fingerprint density at radius 1 is 1.10 bits per heavy atom. The van der Waals surface area contributed by atoms with E-state index < -0.39 is 17.5 Å². The van der Waals surface area contributed by atoms with Crippen molar-refractivity contribution in [2.45, 2.75) is 26.2 Å². The number of amides is 2. The highest BCUT2D eigenvalue weighted by molar-refractivity contribution is 5.98. The Morgan fingerprint density at radius 2 is 1.84 bits per heavy atom. The van der Waals surface area contributed by atoms with E-state index in [1.165, 1.54) is 22.5 Å². The van der Waals surface area contributed by atoms with Gasteiger partial charge in [-0.3, -0.25) is 14.4 Å². The average molecular weight is 426 g/mol. The van der Waals surface area contributed by atoms with Crippen molar-refractivity contribution < 1.29 is 23.5 Å². The number of aryl methyl sites for hydroxylation is 3. The van der Waals surface area contributed by atoms with Crippen molar-refractivity contribution in [1.82, 2.24) is 9.80 Å². The summed E-state index contributed by atoms with van der Waals surface area (Å²) in [5, 5.41) is 0. The summed E-state index contributed by atoms with van der Waals surface area (Å²) in [6.45, 7) is 1.75. The lowest BCUT2D eigenvalue weighted by Crippen LogP contribution is -2.54. The molecule has 0 atom stereocenters. The van der Waals surface area contributed by atoms with Gasteiger partial charge in [0.1, 0.15) is 24.4 Å². The Morgan fingerprint density at radius 3 is 2.48 bits per heavy atom. The van der Waals surface area contributed by atoms with Crippen molar-refractivity contribution in [3.8, 4) is 0 Å². The van der Waals surface area contributed by atoms with Crippen LogP contribution in [0.4, 0.5) is 0 Å². The molecule has 1 aromatic carbocycles. The molecule has 2 heterocycles. The van der Waals surface area contributed by atoms with Gasteiger partial charge in [0.25, 0.3) is 5.91 Å². The van der Waals surface area contributed by atoms with Crippen LogP contribution in [0.5, 0.6) is 0 Å². The van der Waals surface area contributed by atoms with Crippen LogP contribution in [0.1, 0.15) is 33.7 Å². The number of benzene rings is 1. The van der Waals surface area contributed by atoms with E-state index >= 15 is 0 Å². The minimum atomic E-state index is -0.691. The zero-order valence-corrected chi connectivity index (χ0v) is 17.8. The van der Waals surface area contributed by atoms with E-state index in [2.05, 4.69) is 16.9 Å². The number of carbonyl (C=O) groups is 3. The van der Waals surface area contributed by atoms with Crippen molar-refractivity contribution in [3.63, 3.8) is 0 Å². The van der Waals surface area contributed by atoms with Gasteiger partial charge in [0, 0.05) is 19.5 Å². The third kappa shape index (κ3) is 5.59. The van der Waals surface area contributed by atoms with Crippen LogP contribution in [0.25, 0.3) is 0 Å². The highest BCUT2D eigenvalue weighted by Crippen LogP contribution is 2.14. The zero-order chi connectivity index (χ0) is 22.4. The van der Waals surface area contributed by atoms with Crippen molar-refractivity contribution in [3.05, 3.63) is 69.3 Å². The van der Waals surface area contributed by atoms with E-state index in [0.717, 1.165) is 12.8 Å². The number of nitrogens with zero attached hydrogens (tertiary/aromatic N) is 2. The molecule has 1 aromatic heterocycles. The van der Waals surface area contributed by atoms with Crippen LogP contribution in [0.15, 0.2) is 45.6 Å². The van der Waals surface area contributed by atoms with Gasteiger partial charge in [0.05, 0.1) is 7.11 Å². The monoisotopic (exact) mass is 426 g/mol. The maximum Gasteiger partial charge on any atom is 0.349 e. The third-order valence-corrected chi connectivity index (χ3v) is 5.30. The molecule has 8 nitrogen and oxygen atoms in total. The Bertz CT molecular complexity index is 1010. The normalized spacial score (nSPS) is 13.9. The fourth-order valence-corrected chi connectivity index (χ4v) is 3.59. The molecule has 3 rings (SSSR count). The molecule has 31 heavy (non-hydrogen) atoms. The average Bonchev–Trinajstić information content (AvgIpc) is 2.75. The van der Waals surface area contributed by atoms with Gasteiger partial charge in [0.2, 0.25) is 5.91 Å². The molecule has 1 aliphatic heterocycles. The molecule has 0 saturated carbocycles. The molecule has 1 aliphatic rings. The first-order valence-electron chi connectivity index (χ1n) is 10.2. The van der Waals surface area contributed by atoms with E-state index in [1.807, 2.05) is 18.2 Å². The molecule has 164 valence electrons. The van der Waals surface area contributed by atoms with Gasteiger partial charge >= 0.3 is 11.6 Å². The number of piperazine rings is 1. The summed E-state index contributed by atoms with van der Waals surface area (Å²) in [5.74, 6) is -0.890. The van der Waals surface area contributed by atoms with Crippen LogP contribution in [0, 0.1) is 6.92 Å². The van der Waals surface area contributed by atoms with E-state index in [1.54, 1.807) is 13.0 Å². The van der Waals surface area contributed by atoms with Crippen molar-refractivity contribution >= 4 is 17.8 Å². The fraction of sp³-hybridized carbons (Fsp3) is 0.391. The number of carbonyl (C=O) groups excluding carboxylic acids is 3. The summed E-state index contributed by atoms with van der Waals surface area (Å²) in [5.41, 5.74) is 0.995. The first kappa shape index (κ1) is 22.3. The molecular formula is C23H26N2O6. The molecule has 2 aromatic rings. The quantitative estimate of drug-likeness (QED) is 0.624. The number of hydrogen-bond donors (Lipinski definition) is 0. The fourth-order valence-electron chi connectivity index (χ4n) is 3.59. The van der Waals surface area contributed by atoms with Gasteiger partial charge in [0.15, 0.2) is 0 Å². The molecule has 0 bridgehead atoms. The molecule has 0 N–H and O–H groups in total. The van der Waals surface area contributed by atoms with Crippen LogP contribution in [-0.4, -0.2) is 60.9 Å². The number of esters is 1. The second-order valence-corrected chi connectivity index (χ2v) is 7.52. The first-order chi connectivity index (χ1) is 14.9. The Kier molecular flexibility index (Phi) is 7.23. The number of rotatable bonds is 7. The molecule has 8 heteroatoms. The molecule has 0 unspecified atom stereocenters. The SMILES string of the molecule is COC(=O)CN1CCN(C(=O)c2c(C)cc(CCCc3ccccc3)oc2=O)CC1=O. The van der Waals surface area contributed by atoms with Crippen LogP contribution < -0.4 is 5.63 Å². The molecule has 1 fully saturated rings. The van der Waals surface area contributed by atoms with E-state index in [0.29, 0.717) is 17.7 Å². The third-order valence-electron chi connectivity index (χ3n) is 5.30. The zero-order valence-electron chi connectivity index (χ0n) is 17.8. The Labute approximate surface area is 180 Å². The van der Waals surface area contributed by atoms with Crippen molar-refractivity contribution in [2.24, 2.45) is 0 Å². The van der Waals surface area contributed by atoms with Gasteiger partial charge in [-0.1, -0.05) is 30.3 Å². The Balaban J connectivity index is 1.63. The highest BCUT2D eigenvalue weighted by Gasteiger charge is 2.31. The summed E-state index contributed by atoms with van der Waals surface area (Å²) in [4.78, 5) is 51.7. The summed E-state index contributed by atoms with van der Waals surface area (Å²) in [7, 11) is 1.25. The van der Waals surface area contributed by atoms with E-state index in [4.69, 9.17) is 4.42 Å². The van der Waals surface area contributed by atoms with Crippen LogP contribution in [0.2, 0.25) is 0 Å². The molecule has 1 saturated heterocycles. The summed E-state index contributed by atoms with van der Waals surface area (Å²) < 4.78 is 9.97.